The van der Waals surface area contributed by atoms with Gasteiger partial charge in [-0.05, 0) is 49.6 Å². The first-order valence-electron chi connectivity index (χ1n) is 6.58. The van der Waals surface area contributed by atoms with Crippen molar-refractivity contribution in [2.24, 2.45) is 0 Å². The number of hydrogen-bond acceptors (Lipinski definition) is 3. The predicted octanol–water partition coefficient (Wildman–Crippen LogP) is 2.58. The average molecular weight is 283 g/mol. The molecule has 0 saturated carbocycles. The number of pyridine rings is 1. The van der Waals surface area contributed by atoms with Crippen LogP contribution in [0, 0.1) is 20.8 Å². The van der Waals surface area contributed by atoms with E-state index in [1.165, 1.54) is 0 Å². The fourth-order valence-corrected chi connectivity index (χ4v) is 1.96. The van der Waals surface area contributed by atoms with Gasteiger partial charge in [0.1, 0.15) is 5.82 Å². The molecular weight excluding hydrogens is 266 g/mol. The second kappa shape index (κ2) is 6.17. The Morgan fingerprint density at radius 2 is 1.57 bits per heavy atom. The number of hydrogen-bond donors (Lipinski definition) is 2. The smallest absolute Gasteiger partial charge is 0.315 e. The number of rotatable bonds is 2. The van der Waals surface area contributed by atoms with Gasteiger partial charge in [-0.15, -0.1) is 0 Å². The molecule has 0 saturated heterocycles. The van der Waals surface area contributed by atoms with E-state index in [1.807, 2.05) is 45.0 Å². The maximum Gasteiger partial charge on any atom is 0.315 e. The van der Waals surface area contributed by atoms with Crippen LogP contribution < -0.4 is 10.6 Å². The molecule has 1 aromatic carbocycles. The summed E-state index contributed by atoms with van der Waals surface area (Å²) in [7, 11) is 0. The van der Waals surface area contributed by atoms with Crippen molar-refractivity contribution in [1.82, 2.24) is 4.98 Å². The van der Waals surface area contributed by atoms with Gasteiger partial charge in [0.25, 0.3) is 0 Å². The number of para-hydroxylation sites is 1. The summed E-state index contributed by atoms with van der Waals surface area (Å²) in [5.74, 6) is -1.09. The van der Waals surface area contributed by atoms with Crippen LogP contribution in [0.4, 0.5) is 11.5 Å². The molecule has 2 amide bonds. The third kappa shape index (κ3) is 3.66. The minimum Gasteiger partial charge on any atom is -0.317 e. The first-order valence-corrected chi connectivity index (χ1v) is 6.58. The number of aromatic nitrogens is 1. The van der Waals surface area contributed by atoms with E-state index in [1.54, 1.807) is 12.3 Å². The van der Waals surface area contributed by atoms with Crippen molar-refractivity contribution in [1.29, 1.82) is 0 Å². The van der Waals surface area contributed by atoms with Crippen LogP contribution in [0.25, 0.3) is 0 Å². The highest BCUT2D eigenvalue weighted by Crippen LogP contribution is 2.19. The number of amides is 2. The Bertz CT molecular complexity index is 675. The second-order valence-electron chi connectivity index (χ2n) is 4.89. The highest BCUT2D eigenvalue weighted by atomic mass is 16.2. The fourth-order valence-electron chi connectivity index (χ4n) is 1.96. The van der Waals surface area contributed by atoms with Gasteiger partial charge in [-0.1, -0.05) is 18.2 Å². The van der Waals surface area contributed by atoms with Crippen molar-refractivity contribution >= 4 is 23.3 Å². The molecule has 0 bridgehead atoms. The first-order chi connectivity index (χ1) is 9.97. The predicted molar refractivity (Wildman–Crippen MR) is 82.1 cm³/mol. The van der Waals surface area contributed by atoms with E-state index >= 15 is 0 Å². The molecule has 0 fully saturated rings. The Labute approximate surface area is 123 Å². The topological polar surface area (TPSA) is 71.1 Å². The van der Waals surface area contributed by atoms with Gasteiger partial charge in [-0.25, -0.2) is 4.98 Å². The van der Waals surface area contributed by atoms with Crippen LogP contribution in [0.2, 0.25) is 0 Å². The molecule has 2 aromatic rings. The number of aryl methyl sites for hydroxylation is 3. The Morgan fingerprint density at radius 1 is 0.952 bits per heavy atom. The number of nitrogens with zero attached hydrogens (tertiary/aromatic N) is 1. The molecule has 5 heteroatoms. The lowest BCUT2D eigenvalue weighted by Crippen LogP contribution is -2.30. The summed E-state index contributed by atoms with van der Waals surface area (Å²) in [6.45, 7) is 5.64. The van der Waals surface area contributed by atoms with E-state index in [4.69, 9.17) is 0 Å². The zero-order valence-electron chi connectivity index (χ0n) is 12.2. The highest BCUT2D eigenvalue weighted by Gasteiger charge is 2.16. The lowest BCUT2D eigenvalue weighted by atomic mass is 10.1. The van der Waals surface area contributed by atoms with Gasteiger partial charge in [-0.3, -0.25) is 9.59 Å². The Hall–Kier alpha value is -2.69. The Balaban J connectivity index is 2.08. The summed E-state index contributed by atoms with van der Waals surface area (Å²) in [4.78, 5) is 27.8. The molecule has 5 nitrogen and oxygen atoms in total. The highest BCUT2D eigenvalue weighted by molar-refractivity contribution is 6.43. The summed E-state index contributed by atoms with van der Waals surface area (Å²) in [6.07, 6.45) is 1.58. The van der Waals surface area contributed by atoms with E-state index in [0.717, 1.165) is 16.7 Å². The maximum atomic E-state index is 12.0. The van der Waals surface area contributed by atoms with Gasteiger partial charge in [0.2, 0.25) is 0 Å². The summed E-state index contributed by atoms with van der Waals surface area (Å²) in [5.41, 5.74) is 3.43. The molecule has 21 heavy (non-hydrogen) atoms. The van der Waals surface area contributed by atoms with Crippen molar-refractivity contribution in [2.75, 3.05) is 10.6 Å². The first kappa shape index (κ1) is 14.7. The quantitative estimate of drug-likeness (QED) is 0.832. The third-order valence-electron chi connectivity index (χ3n) is 3.08. The Morgan fingerprint density at radius 3 is 2.19 bits per heavy atom. The molecule has 1 heterocycles. The molecule has 2 rings (SSSR count). The second-order valence-corrected chi connectivity index (χ2v) is 4.89. The number of carbonyl (C=O) groups is 2. The average Bonchev–Trinajstić information content (AvgIpc) is 2.43. The zero-order valence-corrected chi connectivity index (χ0v) is 12.2. The van der Waals surface area contributed by atoms with E-state index in [9.17, 15) is 9.59 Å². The van der Waals surface area contributed by atoms with Crippen molar-refractivity contribution in [3.8, 4) is 0 Å². The van der Waals surface area contributed by atoms with E-state index in [0.29, 0.717) is 11.5 Å². The van der Waals surface area contributed by atoms with Gasteiger partial charge in [0.05, 0.1) is 0 Å². The normalized spacial score (nSPS) is 10.0. The van der Waals surface area contributed by atoms with Crippen molar-refractivity contribution in [2.45, 2.75) is 20.8 Å². The van der Waals surface area contributed by atoms with Crippen LogP contribution in [-0.4, -0.2) is 16.8 Å². The van der Waals surface area contributed by atoms with Crippen molar-refractivity contribution < 1.29 is 9.59 Å². The largest absolute Gasteiger partial charge is 0.317 e. The summed E-state index contributed by atoms with van der Waals surface area (Å²) in [6, 6.07) is 9.17. The molecule has 0 spiro atoms. The van der Waals surface area contributed by atoms with Crippen LogP contribution in [0.15, 0.2) is 36.5 Å². The SMILES string of the molecule is Cc1ccnc(NC(=O)C(=O)Nc2c(C)cccc2C)c1. The van der Waals surface area contributed by atoms with Crippen LogP contribution >= 0.6 is 0 Å². The van der Waals surface area contributed by atoms with Crippen molar-refractivity contribution in [3.63, 3.8) is 0 Å². The lowest BCUT2D eigenvalue weighted by Gasteiger charge is -2.11. The molecule has 2 N–H and O–H groups in total. The molecule has 0 aliphatic rings. The molecule has 0 atom stereocenters. The fraction of sp³-hybridized carbons (Fsp3) is 0.188. The minimum atomic E-state index is -0.740. The van der Waals surface area contributed by atoms with E-state index < -0.39 is 11.8 Å². The standard InChI is InChI=1S/C16H17N3O2/c1-10-7-8-17-13(9-10)18-15(20)16(21)19-14-11(2)5-4-6-12(14)3/h4-9H,1-3H3,(H,19,21)(H,17,18,20). The van der Waals surface area contributed by atoms with E-state index in [-0.39, 0.29) is 0 Å². The van der Waals surface area contributed by atoms with Gasteiger partial charge in [-0.2, -0.15) is 0 Å². The van der Waals surface area contributed by atoms with Crippen LogP contribution in [0.3, 0.4) is 0 Å². The van der Waals surface area contributed by atoms with Crippen LogP contribution in [0.1, 0.15) is 16.7 Å². The summed E-state index contributed by atoms with van der Waals surface area (Å²) >= 11 is 0. The molecular formula is C16H17N3O2. The third-order valence-corrected chi connectivity index (χ3v) is 3.08. The molecule has 0 aliphatic heterocycles. The van der Waals surface area contributed by atoms with E-state index in [2.05, 4.69) is 15.6 Å². The Kier molecular flexibility index (Phi) is 4.33. The summed E-state index contributed by atoms with van der Waals surface area (Å²) in [5, 5.41) is 5.11. The van der Waals surface area contributed by atoms with Gasteiger partial charge in [0, 0.05) is 11.9 Å². The molecule has 1 aromatic heterocycles. The van der Waals surface area contributed by atoms with Crippen molar-refractivity contribution in [3.05, 3.63) is 53.2 Å². The van der Waals surface area contributed by atoms with Gasteiger partial charge in [0.15, 0.2) is 0 Å². The molecule has 0 radical (unpaired) electrons. The number of anilines is 2. The maximum absolute atomic E-state index is 12.0. The minimum absolute atomic E-state index is 0.358. The van der Waals surface area contributed by atoms with Crippen LogP contribution in [-0.2, 0) is 9.59 Å². The molecule has 0 aliphatic carbocycles. The lowest BCUT2D eigenvalue weighted by molar-refractivity contribution is -0.133. The molecule has 0 unspecified atom stereocenters. The molecule has 108 valence electrons. The number of nitrogens with one attached hydrogen (secondary N) is 2. The monoisotopic (exact) mass is 283 g/mol. The zero-order chi connectivity index (χ0) is 15.4. The van der Waals surface area contributed by atoms with Crippen LogP contribution in [0.5, 0.6) is 0 Å². The number of benzene rings is 1. The summed E-state index contributed by atoms with van der Waals surface area (Å²) < 4.78 is 0. The number of carbonyl (C=O) groups excluding carboxylic acids is 2. The van der Waals surface area contributed by atoms with Gasteiger partial charge < -0.3 is 10.6 Å². The van der Waals surface area contributed by atoms with Gasteiger partial charge >= 0.3 is 11.8 Å².